The van der Waals surface area contributed by atoms with Gasteiger partial charge in [-0.05, 0) is 67.2 Å². The summed E-state index contributed by atoms with van der Waals surface area (Å²) in [5.41, 5.74) is 8.21. The van der Waals surface area contributed by atoms with Gasteiger partial charge in [0.05, 0.1) is 11.3 Å². The minimum Gasteiger partial charge on any atom is -0.398 e. The number of nitrogen functional groups attached to an aromatic ring is 1. The number of amides is 1. The van der Waals surface area contributed by atoms with Gasteiger partial charge in [0.15, 0.2) is 0 Å². The maximum Gasteiger partial charge on any atom is 0.253 e. The van der Waals surface area contributed by atoms with Crippen molar-refractivity contribution in [3.8, 4) is 0 Å². The topological polar surface area (TPSA) is 64.8 Å². The van der Waals surface area contributed by atoms with E-state index < -0.39 is 0 Å². The van der Waals surface area contributed by atoms with Gasteiger partial charge in [-0.25, -0.2) is 0 Å². The van der Waals surface area contributed by atoms with Crippen LogP contribution in [0.4, 0.5) is 11.4 Å². The Kier molecular flexibility index (Phi) is 8.23. The van der Waals surface area contributed by atoms with Crippen molar-refractivity contribution in [2.45, 2.75) is 17.7 Å². The van der Waals surface area contributed by atoms with Crippen molar-refractivity contribution < 1.29 is 4.79 Å². The second-order valence-corrected chi connectivity index (χ2v) is 11.0. The molecule has 3 aromatic carbocycles. The fourth-order valence-electron chi connectivity index (χ4n) is 4.80. The molecule has 1 unspecified atom stereocenters. The van der Waals surface area contributed by atoms with E-state index in [2.05, 4.69) is 91.5 Å². The highest BCUT2D eigenvalue weighted by Gasteiger charge is 2.28. The quantitative estimate of drug-likeness (QED) is 0.244. The summed E-state index contributed by atoms with van der Waals surface area (Å²) in [6.07, 6.45) is 4.33. The maximum absolute atomic E-state index is 12.3. The summed E-state index contributed by atoms with van der Waals surface area (Å²) in [4.78, 5) is 18.7. The van der Waals surface area contributed by atoms with Crippen molar-refractivity contribution in [3.63, 3.8) is 0 Å². The fraction of sp³-hybridized carbons (Fsp3) is 0.267. The molecular formula is C30H35N5OS. The molecule has 0 radical (unpaired) electrons. The molecular weight excluding hydrogens is 478 g/mol. The lowest BCUT2D eigenvalue weighted by Crippen LogP contribution is -2.48. The van der Waals surface area contributed by atoms with Crippen molar-refractivity contribution in [1.82, 2.24) is 15.1 Å². The van der Waals surface area contributed by atoms with Gasteiger partial charge in [-0.3, -0.25) is 14.0 Å². The Morgan fingerprint density at radius 1 is 0.838 bits per heavy atom. The lowest BCUT2D eigenvalue weighted by molar-refractivity contribution is 0.0953. The van der Waals surface area contributed by atoms with E-state index in [0.717, 1.165) is 45.6 Å². The van der Waals surface area contributed by atoms with Crippen LogP contribution in [-0.2, 0) is 0 Å². The van der Waals surface area contributed by atoms with Crippen LogP contribution < -0.4 is 15.4 Å². The summed E-state index contributed by atoms with van der Waals surface area (Å²) in [5, 5.41) is 5.35. The minimum absolute atomic E-state index is 0.0918. The van der Waals surface area contributed by atoms with Gasteiger partial charge in [-0.1, -0.05) is 59.2 Å². The first-order valence-electron chi connectivity index (χ1n) is 13.0. The SMILES string of the molecule is Nc1ccccc1C(=O)NCCCCN1CCN(C2=CC=S(c3ccccc3)N2c2ccccc2)CC1. The molecule has 2 heterocycles. The minimum atomic E-state index is -0.128. The van der Waals surface area contributed by atoms with Crippen LogP contribution in [0.25, 0.3) is 0 Å². The number of para-hydroxylation sites is 2. The Morgan fingerprint density at radius 2 is 1.51 bits per heavy atom. The summed E-state index contributed by atoms with van der Waals surface area (Å²) >= 11 is 0. The van der Waals surface area contributed by atoms with Gasteiger partial charge >= 0.3 is 0 Å². The van der Waals surface area contributed by atoms with Crippen LogP contribution >= 0.6 is 10.7 Å². The molecule has 3 N–H and O–H groups in total. The van der Waals surface area contributed by atoms with E-state index in [1.54, 1.807) is 12.1 Å². The Balaban J connectivity index is 1.10. The largest absolute Gasteiger partial charge is 0.398 e. The number of anilines is 2. The van der Waals surface area contributed by atoms with Gasteiger partial charge in [0, 0.05) is 43.3 Å². The number of nitrogens with one attached hydrogen (secondary N) is 1. The molecule has 0 aromatic heterocycles. The summed E-state index contributed by atoms with van der Waals surface area (Å²) in [7, 11) is -0.128. The normalized spacial score (nSPS) is 17.8. The van der Waals surface area contributed by atoms with Gasteiger partial charge in [-0.15, -0.1) is 0 Å². The molecule has 2 aliphatic heterocycles. The van der Waals surface area contributed by atoms with Gasteiger partial charge in [-0.2, -0.15) is 0 Å². The number of unbranched alkanes of at least 4 members (excludes halogenated alkanes) is 1. The number of benzene rings is 3. The Bertz CT molecular complexity index is 1250. The van der Waals surface area contributed by atoms with Crippen LogP contribution in [-0.4, -0.2) is 60.3 Å². The van der Waals surface area contributed by atoms with Crippen molar-refractivity contribution in [2.75, 3.05) is 49.3 Å². The van der Waals surface area contributed by atoms with Crippen molar-refractivity contribution in [2.24, 2.45) is 0 Å². The molecule has 0 aliphatic carbocycles. The third-order valence-corrected chi connectivity index (χ3v) is 8.75. The predicted octanol–water partition coefficient (Wildman–Crippen LogP) is 4.80. The van der Waals surface area contributed by atoms with Crippen molar-refractivity contribution in [1.29, 1.82) is 0 Å². The number of hydrogen-bond donors (Lipinski definition) is 2. The Morgan fingerprint density at radius 3 is 2.24 bits per heavy atom. The van der Waals surface area contributed by atoms with Gasteiger partial charge in [0.25, 0.3) is 5.91 Å². The maximum atomic E-state index is 12.3. The van der Waals surface area contributed by atoms with E-state index >= 15 is 0 Å². The number of piperazine rings is 1. The molecule has 1 fully saturated rings. The Labute approximate surface area is 222 Å². The zero-order chi connectivity index (χ0) is 25.5. The van der Waals surface area contributed by atoms with E-state index in [-0.39, 0.29) is 16.6 Å². The first kappa shape index (κ1) is 25.1. The van der Waals surface area contributed by atoms with E-state index in [0.29, 0.717) is 17.8 Å². The molecule has 0 spiro atoms. The van der Waals surface area contributed by atoms with Crippen LogP contribution in [0.1, 0.15) is 23.2 Å². The molecule has 37 heavy (non-hydrogen) atoms. The predicted molar refractivity (Wildman–Crippen MR) is 156 cm³/mol. The molecule has 1 atom stereocenters. The summed E-state index contributed by atoms with van der Waals surface area (Å²) in [6, 6.07) is 28.7. The van der Waals surface area contributed by atoms with Gasteiger partial charge < -0.3 is 16.0 Å². The zero-order valence-corrected chi connectivity index (χ0v) is 21.9. The molecule has 1 saturated heterocycles. The number of carbonyl (C=O) groups is 1. The third-order valence-electron chi connectivity index (χ3n) is 6.81. The molecule has 7 heteroatoms. The molecule has 2 aliphatic rings. The van der Waals surface area contributed by atoms with Crippen LogP contribution in [0.5, 0.6) is 0 Å². The van der Waals surface area contributed by atoms with E-state index in [9.17, 15) is 4.79 Å². The van der Waals surface area contributed by atoms with E-state index in [1.165, 1.54) is 16.4 Å². The lowest BCUT2D eigenvalue weighted by atomic mass is 10.1. The molecule has 0 bridgehead atoms. The molecule has 0 saturated carbocycles. The van der Waals surface area contributed by atoms with Crippen LogP contribution in [0.2, 0.25) is 0 Å². The highest BCUT2D eigenvalue weighted by Crippen LogP contribution is 2.42. The third kappa shape index (κ3) is 6.06. The first-order chi connectivity index (χ1) is 18.2. The van der Waals surface area contributed by atoms with Crippen LogP contribution in [0.15, 0.2) is 102 Å². The smallest absolute Gasteiger partial charge is 0.253 e. The Hall–Kier alpha value is -3.55. The number of allylic oxidation sites excluding steroid dienone is 1. The summed E-state index contributed by atoms with van der Waals surface area (Å²) in [5.74, 6) is 1.20. The highest BCUT2D eigenvalue weighted by atomic mass is 32.2. The molecule has 192 valence electrons. The molecule has 1 amide bonds. The number of hydrogen-bond acceptors (Lipinski definition) is 5. The summed E-state index contributed by atoms with van der Waals surface area (Å²) < 4.78 is 2.49. The highest BCUT2D eigenvalue weighted by molar-refractivity contribution is 8.16. The molecule has 6 nitrogen and oxygen atoms in total. The number of nitrogens with zero attached hydrogens (tertiary/aromatic N) is 3. The summed E-state index contributed by atoms with van der Waals surface area (Å²) in [6.45, 7) is 5.85. The van der Waals surface area contributed by atoms with E-state index in [4.69, 9.17) is 5.73 Å². The fourth-order valence-corrected chi connectivity index (χ4v) is 6.71. The second-order valence-electron chi connectivity index (χ2n) is 9.30. The first-order valence-corrected chi connectivity index (χ1v) is 14.2. The van der Waals surface area contributed by atoms with E-state index in [1.807, 2.05) is 12.1 Å². The molecule has 3 aromatic rings. The average molecular weight is 514 g/mol. The average Bonchev–Trinajstić information content (AvgIpc) is 3.40. The monoisotopic (exact) mass is 513 g/mol. The number of nitrogens with two attached hydrogens (primary N) is 1. The molecule has 5 rings (SSSR count). The van der Waals surface area contributed by atoms with Gasteiger partial charge in [0.2, 0.25) is 0 Å². The van der Waals surface area contributed by atoms with Crippen LogP contribution in [0.3, 0.4) is 0 Å². The number of rotatable bonds is 9. The zero-order valence-electron chi connectivity index (χ0n) is 21.1. The van der Waals surface area contributed by atoms with Crippen LogP contribution in [0, 0.1) is 0 Å². The second kappa shape index (κ2) is 12.1. The van der Waals surface area contributed by atoms with Crippen molar-refractivity contribution in [3.05, 3.63) is 102 Å². The standard InChI is InChI=1S/C30H35N5OS/c31-28-16-8-7-15-27(28)30(36)32-18-9-10-19-33-20-22-34(23-21-33)29-17-24-37(26-13-5-2-6-14-26)35(29)25-11-3-1-4-12-25/h1-8,11-17,24H,9-10,18-23,31H2,(H,32,36). The van der Waals surface area contributed by atoms with Crippen molar-refractivity contribution >= 4 is 33.3 Å². The number of carbonyl (C=O) groups excluding carboxylic acids is 1. The lowest BCUT2D eigenvalue weighted by Gasteiger charge is -2.40. The van der Waals surface area contributed by atoms with Gasteiger partial charge in [0.1, 0.15) is 5.82 Å².